The predicted molar refractivity (Wildman–Crippen MR) is 74.6 cm³/mol. The number of halogens is 2. The van der Waals surface area contributed by atoms with Crippen molar-refractivity contribution in [2.75, 3.05) is 19.8 Å². The van der Waals surface area contributed by atoms with Gasteiger partial charge in [0.1, 0.15) is 11.3 Å². The number of rotatable bonds is 4. The molecular weight excluding hydrogens is 283 g/mol. The molecule has 108 valence electrons. The Labute approximate surface area is 121 Å². The molecule has 0 aliphatic carbocycles. The smallest absolute Gasteiger partial charge is 0.202 e. The van der Waals surface area contributed by atoms with Crippen molar-refractivity contribution in [1.29, 1.82) is 0 Å². The van der Waals surface area contributed by atoms with Gasteiger partial charge in [0.15, 0.2) is 5.58 Å². The molecule has 2 unspecified atom stereocenters. The second-order valence-corrected chi connectivity index (χ2v) is 5.40. The van der Waals surface area contributed by atoms with Crippen LogP contribution < -0.4 is 5.32 Å². The number of hydrogen-bond donors (Lipinski definition) is 1. The van der Waals surface area contributed by atoms with Crippen LogP contribution in [0.5, 0.6) is 0 Å². The molecule has 1 aromatic heterocycles. The number of ether oxygens (including phenoxy) is 1. The largest absolute Gasteiger partial charge is 0.439 e. The van der Waals surface area contributed by atoms with Gasteiger partial charge in [-0.3, -0.25) is 0 Å². The van der Waals surface area contributed by atoms with Gasteiger partial charge in [-0.15, -0.1) is 0 Å². The second kappa shape index (κ2) is 5.68. The zero-order valence-corrected chi connectivity index (χ0v) is 11.9. The van der Waals surface area contributed by atoms with Crippen LogP contribution in [0.1, 0.15) is 25.2 Å². The van der Waals surface area contributed by atoms with Gasteiger partial charge >= 0.3 is 0 Å². The molecule has 1 fully saturated rings. The van der Waals surface area contributed by atoms with Crippen molar-refractivity contribution in [2.45, 2.75) is 25.3 Å². The lowest BCUT2D eigenvalue weighted by atomic mass is 10.0. The van der Waals surface area contributed by atoms with Crippen LogP contribution in [-0.2, 0) is 4.74 Å². The van der Waals surface area contributed by atoms with Crippen LogP contribution in [0.3, 0.4) is 0 Å². The molecule has 20 heavy (non-hydrogen) atoms. The molecule has 1 saturated heterocycles. The summed E-state index contributed by atoms with van der Waals surface area (Å²) in [6.45, 7) is 4.21. The first-order valence-electron chi connectivity index (χ1n) is 6.75. The van der Waals surface area contributed by atoms with E-state index in [1.807, 2.05) is 0 Å². The van der Waals surface area contributed by atoms with E-state index in [0.29, 0.717) is 30.2 Å². The van der Waals surface area contributed by atoms with E-state index in [1.165, 1.54) is 12.1 Å². The van der Waals surface area contributed by atoms with E-state index < -0.39 is 5.82 Å². The molecule has 2 atom stereocenters. The molecule has 1 N–H and O–H groups in total. The van der Waals surface area contributed by atoms with Crippen molar-refractivity contribution in [3.63, 3.8) is 0 Å². The molecule has 2 aromatic rings. The standard InChI is InChI=1S/C14H16ClFN2O2/c1-2-3-17-12-7-19-6-9(12)14-18-11-5-8(16)4-10(15)13(11)20-14/h4-5,9,12,17H,2-3,6-7H2,1H3. The Kier molecular flexibility index (Phi) is 3.92. The summed E-state index contributed by atoms with van der Waals surface area (Å²) in [5, 5.41) is 3.66. The summed E-state index contributed by atoms with van der Waals surface area (Å²) >= 11 is 5.98. The lowest BCUT2D eigenvalue weighted by Crippen LogP contribution is -2.34. The van der Waals surface area contributed by atoms with Gasteiger partial charge in [0.05, 0.1) is 24.2 Å². The van der Waals surface area contributed by atoms with E-state index >= 15 is 0 Å². The number of fused-ring (bicyclic) bond motifs is 1. The summed E-state index contributed by atoms with van der Waals surface area (Å²) in [4.78, 5) is 4.36. The fraction of sp³-hybridized carbons (Fsp3) is 0.500. The van der Waals surface area contributed by atoms with Gasteiger partial charge in [0.2, 0.25) is 5.89 Å². The molecule has 1 aliphatic rings. The second-order valence-electron chi connectivity index (χ2n) is 4.99. The molecule has 4 nitrogen and oxygen atoms in total. The van der Waals surface area contributed by atoms with Crippen LogP contribution in [0.15, 0.2) is 16.5 Å². The molecular formula is C14H16ClFN2O2. The minimum Gasteiger partial charge on any atom is -0.439 e. The van der Waals surface area contributed by atoms with Crippen molar-refractivity contribution in [3.05, 3.63) is 28.9 Å². The van der Waals surface area contributed by atoms with E-state index in [9.17, 15) is 4.39 Å². The lowest BCUT2D eigenvalue weighted by molar-refractivity contribution is 0.186. The van der Waals surface area contributed by atoms with Crippen LogP contribution in [0.25, 0.3) is 11.1 Å². The number of benzene rings is 1. The van der Waals surface area contributed by atoms with Crippen LogP contribution in [0.4, 0.5) is 4.39 Å². The first-order chi connectivity index (χ1) is 9.69. The zero-order chi connectivity index (χ0) is 14.1. The van der Waals surface area contributed by atoms with Crippen molar-refractivity contribution >= 4 is 22.7 Å². The minimum atomic E-state index is -0.411. The Bertz CT molecular complexity index is 616. The average molecular weight is 299 g/mol. The van der Waals surface area contributed by atoms with Gasteiger partial charge < -0.3 is 14.5 Å². The van der Waals surface area contributed by atoms with Gasteiger partial charge in [-0.25, -0.2) is 9.37 Å². The Morgan fingerprint density at radius 3 is 3.10 bits per heavy atom. The van der Waals surface area contributed by atoms with Crippen LogP contribution in [-0.4, -0.2) is 30.8 Å². The van der Waals surface area contributed by atoms with Crippen LogP contribution >= 0.6 is 11.6 Å². The summed E-state index contributed by atoms with van der Waals surface area (Å²) in [6.07, 6.45) is 1.05. The highest BCUT2D eigenvalue weighted by Gasteiger charge is 2.33. The number of hydrogen-bond acceptors (Lipinski definition) is 4. The molecule has 0 radical (unpaired) electrons. The maximum absolute atomic E-state index is 13.3. The lowest BCUT2D eigenvalue weighted by Gasteiger charge is -2.15. The summed E-state index contributed by atoms with van der Waals surface area (Å²) < 4.78 is 24.5. The summed E-state index contributed by atoms with van der Waals surface area (Å²) in [7, 11) is 0. The van der Waals surface area contributed by atoms with Gasteiger partial charge in [-0.05, 0) is 19.0 Å². The van der Waals surface area contributed by atoms with Gasteiger partial charge in [0, 0.05) is 12.1 Å². The first kappa shape index (κ1) is 13.8. The minimum absolute atomic E-state index is 0.0353. The third kappa shape index (κ3) is 2.53. The van der Waals surface area contributed by atoms with Crippen molar-refractivity contribution in [2.24, 2.45) is 0 Å². The van der Waals surface area contributed by atoms with E-state index in [2.05, 4.69) is 17.2 Å². The molecule has 0 bridgehead atoms. The van der Waals surface area contributed by atoms with Gasteiger partial charge in [-0.1, -0.05) is 18.5 Å². The monoisotopic (exact) mass is 298 g/mol. The van der Waals surface area contributed by atoms with Crippen molar-refractivity contribution in [1.82, 2.24) is 10.3 Å². The number of nitrogens with zero attached hydrogens (tertiary/aromatic N) is 1. The quantitative estimate of drug-likeness (QED) is 0.942. The Hall–Kier alpha value is -1.17. The van der Waals surface area contributed by atoms with Crippen LogP contribution in [0.2, 0.25) is 5.02 Å². The molecule has 1 aliphatic heterocycles. The Morgan fingerprint density at radius 2 is 2.30 bits per heavy atom. The van der Waals surface area contributed by atoms with E-state index in [1.54, 1.807) is 0 Å². The van der Waals surface area contributed by atoms with Gasteiger partial charge in [0.25, 0.3) is 0 Å². The highest BCUT2D eigenvalue weighted by atomic mass is 35.5. The predicted octanol–water partition coefficient (Wildman–Crippen LogP) is 3.10. The SMILES string of the molecule is CCCNC1COCC1c1nc2cc(F)cc(Cl)c2o1. The number of nitrogens with one attached hydrogen (secondary N) is 1. The van der Waals surface area contributed by atoms with Gasteiger partial charge in [-0.2, -0.15) is 0 Å². The van der Waals surface area contributed by atoms with Crippen molar-refractivity contribution < 1.29 is 13.5 Å². The van der Waals surface area contributed by atoms with E-state index in [0.717, 1.165) is 13.0 Å². The molecule has 3 rings (SSSR count). The Morgan fingerprint density at radius 1 is 1.45 bits per heavy atom. The fourth-order valence-electron chi connectivity index (χ4n) is 2.46. The number of aromatic nitrogens is 1. The zero-order valence-electron chi connectivity index (χ0n) is 11.2. The topological polar surface area (TPSA) is 47.3 Å². The highest BCUT2D eigenvalue weighted by Crippen LogP contribution is 2.31. The summed E-state index contributed by atoms with van der Waals surface area (Å²) in [6, 6.07) is 2.74. The molecule has 0 saturated carbocycles. The van der Waals surface area contributed by atoms with E-state index in [4.69, 9.17) is 20.8 Å². The third-order valence-electron chi connectivity index (χ3n) is 3.48. The Balaban J connectivity index is 1.91. The molecule has 1 aromatic carbocycles. The molecule has 6 heteroatoms. The third-order valence-corrected chi connectivity index (χ3v) is 3.76. The van der Waals surface area contributed by atoms with Crippen LogP contribution in [0, 0.1) is 5.82 Å². The fourth-order valence-corrected chi connectivity index (χ4v) is 2.70. The average Bonchev–Trinajstić information content (AvgIpc) is 3.01. The normalized spacial score (nSPS) is 22.8. The summed E-state index contributed by atoms with van der Waals surface area (Å²) in [5.74, 6) is 0.178. The highest BCUT2D eigenvalue weighted by molar-refractivity contribution is 6.34. The molecule has 0 amide bonds. The maximum atomic E-state index is 13.3. The van der Waals surface area contributed by atoms with Crippen molar-refractivity contribution in [3.8, 4) is 0 Å². The number of oxazole rings is 1. The maximum Gasteiger partial charge on any atom is 0.202 e. The first-order valence-corrected chi connectivity index (χ1v) is 7.13. The van der Waals surface area contributed by atoms with E-state index in [-0.39, 0.29) is 17.0 Å². The molecule has 2 heterocycles. The summed E-state index contributed by atoms with van der Waals surface area (Å²) in [5.41, 5.74) is 0.885. The molecule has 0 spiro atoms.